The normalized spacial score (nSPS) is 12.1. The highest BCUT2D eigenvalue weighted by molar-refractivity contribution is 7.99. The van der Waals surface area contributed by atoms with Crippen LogP contribution in [0.1, 0.15) is 31.9 Å². The monoisotopic (exact) mass is 559 g/mol. The van der Waals surface area contributed by atoms with Gasteiger partial charge in [0.25, 0.3) is 5.91 Å². The molecule has 0 aliphatic heterocycles. The first-order valence-electron chi connectivity index (χ1n) is 12.3. The summed E-state index contributed by atoms with van der Waals surface area (Å²) in [6, 6.07) is 25.6. The van der Waals surface area contributed by atoms with Crippen molar-refractivity contribution in [2.24, 2.45) is 5.10 Å². The molecule has 4 rings (SSSR count). The van der Waals surface area contributed by atoms with Crippen LogP contribution in [0.3, 0.4) is 0 Å². The lowest BCUT2D eigenvalue weighted by molar-refractivity contribution is -0.118. The van der Waals surface area contributed by atoms with E-state index in [1.54, 1.807) is 13.2 Å². The zero-order valence-electron chi connectivity index (χ0n) is 22.3. The van der Waals surface area contributed by atoms with Gasteiger partial charge in [-0.05, 0) is 46.9 Å². The van der Waals surface area contributed by atoms with Gasteiger partial charge in [-0.1, -0.05) is 98.7 Å². The second-order valence-electron chi connectivity index (χ2n) is 9.69. The van der Waals surface area contributed by atoms with Gasteiger partial charge in [-0.3, -0.25) is 9.36 Å². The van der Waals surface area contributed by atoms with E-state index in [4.69, 9.17) is 16.3 Å². The third-order valence-corrected chi connectivity index (χ3v) is 6.92. The van der Waals surface area contributed by atoms with Gasteiger partial charge in [-0.25, -0.2) is 5.43 Å². The highest BCUT2D eigenvalue weighted by Crippen LogP contribution is 2.30. The number of thioether (sulfide) groups is 1. The van der Waals surface area contributed by atoms with Crippen molar-refractivity contribution in [3.63, 3.8) is 0 Å². The quantitative estimate of drug-likeness (QED) is 0.140. The summed E-state index contributed by atoms with van der Waals surface area (Å²) in [6.07, 6.45) is 3.16. The van der Waals surface area contributed by atoms with Gasteiger partial charge in [0.05, 0.1) is 24.1 Å². The number of carbonyl (C=O) groups is 1. The van der Waals surface area contributed by atoms with Crippen molar-refractivity contribution in [3.05, 3.63) is 95.0 Å². The van der Waals surface area contributed by atoms with Gasteiger partial charge >= 0.3 is 0 Å². The molecule has 39 heavy (non-hydrogen) atoms. The Hall–Kier alpha value is -3.88. The van der Waals surface area contributed by atoms with Crippen LogP contribution in [0, 0.1) is 0 Å². The van der Waals surface area contributed by atoms with Crippen LogP contribution in [0.5, 0.6) is 5.75 Å². The number of amides is 1. The number of hydrazone groups is 1. The van der Waals surface area contributed by atoms with E-state index in [0.717, 1.165) is 22.6 Å². The predicted octanol–water partition coefficient (Wildman–Crippen LogP) is 6.71. The van der Waals surface area contributed by atoms with E-state index < -0.39 is 0 Å². The lowest BCUT2D eigenvalue weighted by Gasteiger charge is -2.19. The molecular formula is C30H30ClN5O2S. The first kappa shape index (κ1) is 28.1. The average molecular weight is 560 g/mol. The first-order valence-corrected chi connectivity index (χ1v) is 13.7. The molecular weight excluding hydrogens is 530 g/mol. The molecule has 0 saturated carbocycles. The van der Waals surface area contributed by atoms with Crippen molar-refractivity contribution in [1.29, 1.82) is 0 Å². The Morgan fingerprint density at radius 3 is 2.36 bits per heavy atom. The fourth-order valence-corrected chi connectivity index (χ4v) is 4.63. The molecule has 1 amide bonds. The first-order chi connectivity index (χ1) is 18.7. The number of nitrogens with zero attached hydrogens (tertiary/aromatic N) is 4. The fraction of sp³-hybridized carbons (Fsp3) is 0.200. The van der Waals surface area contributed by atoms with Gasteiger partial charge in [-0.15, -0.1) is 10.2 Å². The molecule has 4 aromatic rings. The Balaban J connectivity index is 1.51. The number of ether oxygens (including phenoxy) is 1. The minimum absolute atomic E-state index is 0.0423. The van der Waals surface area contributed by atoms with Crippen LogP contribution in [0.2, 0.25) is 0 Å². The minimum atomic E-state index is -0.291. The van der Waals surface area contributed by atoms with Crippen LogP contribution in [-0.4, -0.2) is 39.7 Å². The largest absolute Gasteiger partial charge is 0.497 e. The standard InChI is InChI=1S/C30H30ClN5O2S/c1-30(2,3)23-12-10-22(11-13-23)28-34-35-29(36(28)25-14-16-26(38-4)17-15-25)39-20-27(37)33-32-19-24(31)18-21-8-6-5-7-9-21/h5-19H,20H2,1-4H3,(H,33,37)/b24-18-,32-19+. The Labute approximate surface area is 238 Å². The van der Waals surface area contributed by atoms with E-state index in [9.17, 15) is 4.79 Å². The summed E-state index contributed by atoms with van der Waals surface area (Å²) in [5.41, 5.74) is 6.51. The molecule has 200 valence electrons. The summed E-state index contributed by atoms with van der Waals surface area (Å²) in [5.74, 6) is 1.23. The van der Waals surface area contributed by atoms with Gasteiger partial charge in [0.15, 0.2) is 11.0 Å². The number of carbonyl (C=O) groups excluding carboxylic acids is 1. The van der Waals surface area contributed by atoms with Gasteiger partial charge in [0.1, 0.15) is 5.75 Å². The van der Waals surface area contributed by atoms with E-state index in [2.05, 4.69) is 53.6 Å². The summed E-state index contributed by atoms with van der Waals surface area (Å²) < 4.78 is 7.25. The lowest BCUT2D eigenvalue weighted by Crippen LogP contribution is -2.19. The fourth-order valence-electron chi connectivity index (χ4n) is 3.71. The molecule has 0 spiro atoms. The molecule has 0 saturated heterocycles. The molecule has 1 aromatic heterocycles. The number of rotatable bonds is 9. The van der Waals surface area contributed by atoms with Crippen molar-refractivity contribution in [2.45, 2.75) is 31.3 Å². The molecule has 3 aromatic carbocycles. The zero-order valence-corrected chi connectivity index (χ0v) is 23.8. The smallest absolute Gasteiger partial charge is 0.250 e. The third kappa shape index (κ3) is 7.59. The molecule has 0 aliphatic rings. The molecule has 0 fully saturated rings. The number of hydrogen-bond acceptors (Lipinski definition) is 6. The maximum Gasteiger partial charge on any atom is 0.250 e. The number of nitrogens with one attached hydrogen (secondary N) is 1. The van der Waals surface area contributed by atoms with Gasteiger partial charge < -0.3 is 4.74 Å². The number of benzene rings is 3. The maximum atomic E-state index is 12.5. The van der Waals surface area contributed by atoms with Crippen LogP contribution in [0.25, 0.3) is 23.2 Å². The summed E-state index contributed by atoms with van der Waals surface area (Å²) >= 11 is 7.47. The highest BCUT2D eigenvalue weighted by Gasteiger charge is 2.19. The van der Waals surface area contributed by atoms with Crippen LogP contribution < -0.4 is 10.2 Å². The molecule has 0 aliphatic carbocycles. The average Bonchev–Trinajstić information content (AvgIpc) is 3.36. The van der Waals surface area contributed by atoms with Crippen LogP contribution in [-0.2, 0) is 10.2 Å². The molecule has 9 heteroatoms. The second-order valence-corrected chi connectivity index (χ2v) is 11.1. The molecule has 7 nitrogen and oxygen atoms in total. The molecule has 0 radical (unpaired) electrons. The van der Waals surface area contributed by atoms with E-state index >= 15 is 0 Å². The summed E-state index contributed by atoms with van der Waals surface area (Å²) in [6.45, 7) is 6.54. The number of methoxy groups -OCH3 is 1. The van der Waals surface area contributed by atoms with Crippen molar-refractivity contribution in [1.82, 2.24) is 20.2 Å². The van der Waals surface area contributed by atoms with Crippen LogP contribution in [0.4, 0.5) is 0 Å². The Morgan fingerprint density at radius 2 is 1.72 bits per heavy atom. The number of halogens is 1. The van der Waals surface area contributed by atoms with Crippen LogP contribution in [0.15, 0.2) is 94.2 Å². The number of allylic oxidation sites excluding steroid dienone is 1. The van der Waals surface area contributed by atoms with Crippen molar-refractivity contribution in [2.75, 3.05) is 12.9 Å². The maximum absolute atomic E-state index is 12.5. The van der Waals surface area contributed by atoms with E-state index in [0.29, 0.717) is 16.0 Å². The molecule has 1 N–H and O–H groups in total. The third-order valence-electron chi connectivity index (χ3n) is 5.79. The molecule has 0 bridgehead atoms. The Kier molecular flexibility index (Phi) is 9.22. The topological polar surface area (TPSA) is 81.4 Å². The minimum Gasteiger partial charge on any atom is -0.497 e. The molecule has 0 unspecified atom stereocenters. The SMILES string of the molecule is COc1ccc(-n2c(SCC(=O)N/N=C/C(Cl)=C/c3ccccc3)nnc2-c2ccc(C(C)(C)C)cc2)cc1. The zero-order chi connectivity index (χ0) is 27.8. The Morgan fingerprint density at radius 1 is 1.03 bits per heavy atom. The van der Waals surface area contributed by atoms with E-state index in [1.807, 2.05) is 71.3 Å². The molecule has 0 atom stereocenters. The van der Waals surface area contributed by atoms with Crippen molar-refractivity contribution in [3.8, 4) is 22.8 Å². The van der Waals surface area contributed by atoms with Gasteiger partial charge in [0, 0.05) is 11.3 Å². The number of aromatic nitrogens is 3. The Bertz CT molecular complexity index is 1460. The van der Waals surface area contributed by atoms with E-state index in [1.165, 1.54) is 23.5 Å². The number of hydrogen-bond donors (Lipinski definition) is 1. The van der Waals surface area contributed by atoms with Crippen molar-refractivity contribution < 1.29 is 9.53 Å². The highest BCUT2D eigenvalue weighted by atomic mass is 35.5. The predicted molar refractivity (Wildman–Crippen MR) is 160 cm³/mol. The van der Waals surface area contributed by atoms with Crippen molar-refractivity contribution >= 4 is 41.6 Å². The summed E-state index contributed by atoms with van der Waals surface area (Å²) in [4.78, 5) is 12.5. The summed E-state index contributed by atoms with van der Waals surface area (Å²) in [7, 11) is 1.63. The van der Waals surface area contributed by atoms with Gasteiger partial charge in [0.2, 0.25) is 0 Å². The second kappa shape index (κ2) is 12.8. The van der Waals surface area contributed by atoms with Gasteiger partial charge in [-0.2, -0.15) is 5.10 Å². The summed E-state index contributed by atoms with van der Waals surface area (Å²) in [5, 5.41) is 13.8. The van der Waals surface area contributed by atoms with E-state index in [-0.39, 0.29) is 17.1 Å². The van der Waals surface area contributed by atoms with Crippen LogP contribution >= 0.6 is 23.4 Å². The molecule has 1 heterocycles. The lowest BCUT2D eigenvalue weighted by atomic mass is 9.87.